The maximum atomic E-state index is 13.2. The molecule has 1 fully saturated rings. The molecule has 2 aromatic carbocycles. The van der Waals surface area contributed by atoms with Crippen LogP contribution in [0.4, 0.5) is 0 Å². The Labute approximate surface area is 168 Å². The molecule has 150 valence electrons. The largest absolute Gasteiger partial charge is 0.486 e. The van der Waals surface area contributed by atoms with E-state index in [2.05, 4.69) is 10.3 Å². The zero-order valence-electron chi connectivity index (χ0n) is 16.2. The molecular weight excluding hydrogens is 372 g/mol. The second-order valence-electron chi connectivity index (χ2n) is 7.16. The summed E-state index contributed by atoms with van der Waals surface area (Å²) in [5.41, 5.74) is 2.55. The van der Waals surface area contributed by atoms with Crippen molar-refractivity contribution in [1.82, 2.24) is 19.9 Å². The molecule has 0 spiro atoms. The molecule has 0 radical (unpaired) electrons. The topological polar surface area (TPSA) is 78.7 Å². The average Bonchev–Trinajstić information content (AvgIpc) is 3.18. The van der Waals surface area contributed by atoms with Crippen LogP contribution in [-0.4, -0.2) is 59.3 Å². The van der Waals surface area contributed by atoms with E-state index in [1.807, 2.05) is 47.4 Å². The zero-order chi connectivity index (χ0) is 19.8. The van der Waals surface area contributed by atoms with Gasteiger partial charge in [-0.15, -0.1) is 5.10 Å². The third-order valence-corrected chi connectivity index (χ3v) is 5.47. The van der Waals surface area contributed by atoms with E-state index < -0.39 is 6.04 Å². The van der Waals surface area contributed by atoms with Gasteiger partial charge < -0.3 is 19.1 Å². The molecule has 0 unspecified atom stereocenters. The van der Waals surface area contributed by atoms with Gasteiger partial charge in [-0.05, 0) is 24.6 Å². The monoisotopic (exact) mass is 394 g/mol. The SMILES string of the molecule is COCCCN1C(=O)[C@H](n2nnc3ccccc32)[C@@H]1c1cccc2c1OCCO2. The Hall–Kier alpha value is -3.13. The first-order valence-electron chi connectivity index (χ1n) is 9.77. The summed E-state index contributed by atoms with van der Waals surface area (Å²) >= 11 is 0. The van der Waals surface area contributed by atoms with E-state index in [-0.39, 0.29) is 11.9 Å². The fourth-order valence-corrected chi connectivity index (χ4v) is 4.16. The number of β-lactam (4-membered cyclic amide) rings is 1. The van der Waals surface area contributed by atoms with Crippen molar-refractivity contribution in [1.29, 1.82) is 0 Å². The highest BCUT2D eigenvalue weighted by molar-refractivity contribution is 5.90. The summed E-state index contributed by atoms with van der Waals surface area (Å²) in [5.74, 6) is 1.45. The van der Waals surface area contributed by atoms with Crippen molar-refractivity contribution in [2.75, 3.05) is 33.5 Å². The number of carbonyl (C=O) groups excluding carboxylic acids is 1. The van der Waals surface area contributed by atoms with Crippen molar-refractivity contribution in [2.24, 2.45) is 0 Å². The van der Waals surface area contributed by atoms with Crippen LogP contribution in [0.5, 0.6) is 11.5 Å². The number of amides is 1. The van der Waals surface area contributed by atoms with Gasteiger partial charge in [0.1, 0.15) is 18.7 Å². The molecule has 1 amide bonds. The number of aromatic nitrogens is 3. The van der Waals surface area contributed by atoms with Crippen molar-refractivity contribution in [3.63, 3.8) is 0 Å². The van der Waals surface area contributed by atoms with E-state index in [0.29, 0.717) is 37.9 Å². The Balaban J connectivity index is 1.57. The highest BCUT2D eigenvalue weighted by Crippen LogP contribution is 2.49. The lowest BCUT2D eigenvalue weighted by molar-refractivity contribution is -0.156. The summed E-state index contributed by atoms with van der Waals surface area (Å²) in [6.07, 6.45) is 0.760. The first-order valence-corrected chi connectivity index (χ1v) is 9.77. The minimum atomic E-state index is -0.470. The Morgan fingerprint density at radius 1 is 1.10 bits per heavy atom. The fraction of sp³-hybridized carbons (Fsp3) is 0.381. The molecule has 0 aliphatic carbocycles. The van der Waals surface area contributed by atoms with E-state index in [4.69, 9.17) is 14.2 Å². The highest BCUT2D eigenvalue weighted by Gasteiger charge is 2.51. The smallest absolute Gasteiger partial charge is 0.250 e. The number of benzene rings is 2. The van der Waals surface area contributed by atoms with Crippen molar-refractivity contribution >= 4 is 16.9 Å². The Morgan fingerprint density at radius 3 is 2.86 bits per heavy atom. The van der Waals surface area contributed by atoms with Gasteiger partial charge in [0.2, 0.25) is 0 Å². The third kappa shape index (κ3) is 2.91. The second kappa shape index (κ2) is 7.36. The summed E-state index contributed by atoms with van der Waals surface area (Å²) in [6, 6.07) is 12.8. The van der Waals surface area contributed by atoms with Gasteiger partial charge in [-0.25, -0.2) is 4.68 Å². The summed E-state index contributed by atoms with van der Waals surface area (Å²) in [5, 5.41) is 8.55. The molecule has 3 aromatic rings. The van der Waals surface area contributed by atoms with Crippen molar-refractivity contribution < 1.29 is 19.0 Å². The Bertz CT molecular complexity index is 1050. The first kappa shape index (κ1) is 17.9. The number of fused-ring (bicyclic) bond motifs is 2. The van der Waals surface area contributed by atoms with Crippen LogP contribution in [0, 0.1) is 0 Å². The van der Waals surface area contributed by atoms with E-state index in [1.165, 1.54) is 0 Å². The number of likely N-dealkylation sites (tertiary alicyclic amines) is 1. The lowest BCUT2D eigenvalue weighted by Crippen LogP contribution is -2.56. The number of hydrogen-bond acceptors (Lipinski definition) is 6. The molecule has 2 atom stereocenters. The molecule has 1 saturated heterocycles. The van der Waals surface area contributed by atoms with Gasteiger partial charge in [0.25, 0.3) is 5.91 Å². The molecule has 5 rings (SSSR count). The van der Waals surface area contributed by atoms with Crippen LogP contribution >= 0.6 is 0 Å². The molecule has 8 nitrogen and oxygen atoms in total. The number of hydrogen-bond donors (Lipinski definition) is 0. The summed E-state index contributed by atoms with van der Waals surface area (Å²) in [4.78, 5) is 15.0. The molecule has 0 saturated carbocycles. The van der Waals surface area contributed by atoms with Crippen LogP contribution < -0.4 is 9.47 Å². The van der Waals surface area contributed by atoms with Crippen LogP contribution in [0.3, 0.4) is 0 Å². The second-order valence-corrected chi connectivity index (χ2v) is 7.16. The summed E-state index contributed by atoms with van der Waals surface area (Å²) < 4.78 is 18.6. The quantitative estimate of drug-likeness (QED) is 0.472. The average molecular weight is 394 g/mol. The van der Waals surface area contributed by atoms with E-state index >= 15 is 0 Å². The number of methoxy groups -OCH3 is 1. The Kier molecular flexibility index (Phi) is 4.55. The lowest BCUT2D eigenvalue weighted by atomic mass is 9.87. The molecule has 0 N–H and O–H groups in total. The minimum Gasteiger partial charge on any atom is -0.486 e. The lowest BCUT2D eigenvalue weighted by Gasteiger charge is -2.47. The standard InChI is InChI=1S/C21H22N4O4/c1-27-11-5-10-24-18(14-6-4-9-17-20(14)29-13-12-28-17)19(21(24)26)25-16-8-3-2-7-15(16)22-23-25/h2-4,6-9,18-19H,5,10-13H2,1H3/t18-,19+/m0/s1. The van der Waals surface area contributed by atoms with E-state index in [1.54, 1.807) is 11.8 Å². The van der Waals surface area contributed by atoms with Gasteiger partial charge in [-0.3, -0.25) is 4.79 Å². The minimum absolute atomic E-state index is 0.0242. The molecule has 3 heterocycles. The van der Waals surface area contributed by atoms with Crippen LogP contribution in [0.15, 0.2) is 42.5 Å². The molecule has 1 aromatic heterocycles. The van der Waals surface area contributed by atoms with Gasteiger partial charge in [0.05, 0.1) is 11.6 Å². The maximum Gasteiger partial charge on any atom is 0.250 e. The van der Waals surface area contributed by atoms with Gasteiger partial charge >= 0.3 is 0 Å². The third-order valence-electron chi connectivity index (χ3n) is 5.47. The van der Waals surface area contributed by atoms with E-state index in [0.717, 1.165) is 23.0 Å². The predicted octanol–water partition coefficient (Wildman–Crippen LogP) is 2.36. The van der Waals surface area contributed by atoms with Crippen LogP contribution in [0.1, 0.15) is 24.1 Å². The summed E-state index contributed by atoms with van der Waals surface area (Å²) in [7, 11) is 1.67. The number of carbonyl (C=O) groups is 1. The molecule has 2 aliphatic rings. The molecule has 0 bridgehead atoms. The zero-order valence-corrected chi connectivity index (χ0v) is 16.2. The number of rotatable bonds is 6. The van der Waals surface area contributed by atoms with E-state index in [9.17, 15) is 4.79 Å². The van der Waals surface area contributed by atoms with Gasteiger partial charge in [0, 0.05) is 25.8 Å². The molecule has 8 heteroatoms. The number of nitrogens with zero attached hydrogens (tertiary/aromatic N) is 4. The molecule has 2 aliphatic heterocycles. The molecule has 29 heavy (non-hydrogen) atoms. The number of ether oxygens (including phenoxy) is 3. The van der Waals surface area contributed by atoms with Crippen LogP contribution in [0.25, 0.3) is 11.0 Å². The van der Waals surface area contributed by atoms with Crippen molar-refractivity contribution in [3.05, 3.63) is 48.0 Å². The highest BCUT2D eigenvalue weighted by atomic mass is 16.6. The normalized spacial score (nSPS) is 20.7. The Morgan fingerprint density at radius 2 is 1.97 bits per heavy atom. The number of para-hydroxylation sites is 2. The first-order chi connectivity index (χ1) is 14.3. The van der Waals surface area contributed by atoms with Crippen molar-refractivity contribution in [3.8, 4) is 11.5 Å². The van der Waals surface area contributed by atoms with Gasteiger partial charge in [-0.2, -0.15) is 0 Å². The van der Waals surface area contributed by atoms with Crippen molar-refractivity contribution in [2.45, 2.75) is 18.5 Å². The van der Waals surface area contributed by atoms with Gasteiger partial charge in [0.15, 0.2) is 17.5 Å². The summed E-state index contributed by atoms with van der Waals surface area (Å²) in [6.45, 7) is 2.21. The van der Waals surface area contributed by atoms with Crippen LogP contribution in [0.2, 0.25) is 0 Å². The van der Waals surface area contributed by atoms with Gasteiger partial charge in [-0.1, -0.05) is 29.5 Å². The maximum absolute atomic E-state index is 13.2. The van der Waals surface area contributed by atoms with Crippen LogP contribution in [-0.2, 0) is 9.53 Å². The predicted molar refractivity (Wildman–Crippen MR) is 105 cm³/mol. The molecular formula is C21H22N4O4. The fourth-order valence-electron chi connectivity index (χ4n) is 4.16.